The van der Waals surface area contributed by atoms with E-state index >= 15 is 0 Å². The van der Waals surface area contributed by atoms with Crippen molar-refractivity contribution in [3.63, 3.8) is 0 Å². The van der Waals surface area contributed by atoms with Gasteiger partial charge in [0, 0.05) is 22.1 Å². The molecular weight excluding hydrogens is 1110 g/mol. The standard InChI is InChI=1S/C35H43N3.C31H46.C14H22.C9H12/c1-4-5-6-7-8-9-10-11-12-13-14-29-19-25-32(26-20-29)35-37-33(30-21-15-27(2)16-22-30)36-34(38-35)31-23-17-28(3)18-24-31;1-5-7-9-11-13-15-21-31(22-16-14-12-10-8-6-2)29-23-25(3)17-19-27(29)28-20-18-26(4)24-30(28)31;1-9(2)13-7-12(6)14(10(3)4)8-11(13)5;1-7-5-4-6-8(2)9(7)3/h15-26H,4-14H2,1-3H3;17-20,23-24H,5-16,21-22H2,1-4H3;7-10H,1-6H3;4-6H,1-3H3. The maximum Gasteiger partial charge on any atom is 0.164 e. The number of aryl methyl sites for hydroxylation is 9. The van der Waals surface area contributed by atoms with Gasteiger partial charge in [0.25, 0.3) is 0 Å². The molecule has 3 heteroatoms. The molecule has 0 bridgehead atoms. The number of hydrogen-bond donors (Lipinski definition) is 0. The average molecular weight is 1230 g/mol. The van der Waals surface area contributed by atoms with Gasteiger partial charge in [-0.1, -0.05) is 345 Å². The molecule has 1 heterocycles. The molecule has 0 N–H and O–H groups in total. The van der Waals surface area contributed by atoms with E-state index in [2.05, 4.69) is 250 Å². The summed E-state index contributed by atoms with van der Waals surface area (Å²) in [4.78, 5) is 14.6. The predicted molar refractivity (Wildman–Crippen MR) is 404 cm³/mol. The van der Waals surface area contributed by atoms with Crippen molar-refractivity contribution < 1.29 is 0 Å². The third kappa shape index (κ3) is 22.9. The first-order chi connectivity index (χ1) is 44.4. The highest BCUT2D eigenvalue weighted by molar-refractivity contribution is 5.82. The molecule has 0 amide bonds. The lowest BCUT2D eigenvalue weighted by molar-refractivity contribution is 0.397. The molecule has 1 aromatic heterocycles. The van der Waals surface area contributed by atoms with Crippen LogP contribution < -0.4 is 0 Å². The van der Waals surface area contributed by atoms with Crippen molar-refractivity contribution in [2.75, 3.05) is 0 Å². The minimum absolute atomic E-state index is 0.234. The molecule has 0 fully saturated rings. The van der Waals surface area contributed by atoms with Crippen LogP contribution in [-0.4, -0.2) is 15.0 Å². The van der Waals surface area contributed by atoms with Gasteiger partial charge in [0.2, 0.25) is 0 Å². The van der Waals surface area contributed by atoms with Gasteiger partial charge < -0.3 is 0 Å². The fraction of sp³-hybridized carbons (Fsp3) is 0.494. The fourth-order valence-corrected chi connectivity index (χ4v) is 13.6. The number of nitrogens with zero attached hydrogens (tertiary/aromatic N) is 3. The number of hydrogen-bond acceptors (Lipinski definition) is 3. The second-order valence-corrected chi connectivity index (χ2v) is 28.3. The van der Waals surface area contributed by atoms with Crippen molar-refractivity contribution in [1.29, 1.82) is 0 Å². The molecule has 0 saturated heterocycles. The second kappa shape index (κ2) is 39.3. The molecule has 1 aliphatic rings. The van der Waals surface area contributed by atoms with Crippen LogP contribution >= 0.6 is 0 Å². The molecular formula is C89H123N3. The lowest BCUT2D eigenvalue weighted by Gasteiger charge is -2.33. The third-order valence-electron chi connectivity index (χ3n) is 19.6. The van der Waals surface area contributed by atoms with Crippen LogP contribution in [0, 0.1) is 62.3 Å². The molecule has 3 nitrogen and oxygen atoms in total. The Balaban J connectivity index is 0.000000220. The zero-order valence-electron chi connectivity index (χ0n) is 61.0. The summed E-state index contributed by atoms with van der Waals surface area (Å²) in [6, 6.07) is 51.2. The van der Waals surface area contributed by atoms with Crippen molar-refractivity contribution in [1.82, 2.24) is 15.0 Å². The zero-order valence-corrected chi connectivity index (χ0v) is 61.0. The van der Waals surface area contributed by atoms with E-state index in [4.69, 9.17) is 15.0 Å². The summed E-state index contributed by atoms with van der Waals surface area (Å²) in [5, 5.41) is 0. The fourth-order valence-electron chi connectivity index (χ4n) is 13.6. The molecule has 0 saturated carbocycles. The summed E-state index contributed by atoms with van der Waals surface area (Å²) in [5.41, 5.74) is 26.3. The van der Waals surface area contributed by atoms with Crippen LogP contribution in [0.2, 0.25) is 0 Å². The second-order valence-electron chi connectivity index (χ2n) is 28.3. The maximum absolute atomic E-state index is 4.88. The van der Waals surface area contributed by atoms with Crippen molar-refractivity contribution in [3.8, 4) is 45.3 Å². The van der Waals surface area contributed by atoms with Gasteiger partial charge in [-0.3, -0.25) is 0 Å². The Bertz CT molecular complexity index is 3220. The summed E-state index contributed by atoms with van der Waals surface area (Å²) < 4.78 is 0. The first-order valence-electron chi connectivity index (χ1n) is 36.7. The molecule has 92 heavy (non-hydrogen) atoms. The number of unbranched alkanes of at least 4 members (excludes halogenated alkanes) is 19. The smallest absolute Gasteiger partial charge is 0.164 e. The highest BCUT2D eigenvalue weighted by Gasteiger charge is 2.42. The Morgan fingerprint density at radius 2 is 0.630 bits per heavy atom. The maximum atomic E-state index is 4.88. The minimum Gasteiger partial charge on any atom is -0.208 e. The molecule has 9 rings (SSSR count). The Labute approximate surface area is 563 Å². The summed E-state index contributed by atoms with van der Waals surface area (Å²) in [6.45, 7) is 35.6. The third-order valence-corrected chi connectivity index (χ3v) is 19.6. The van der Waals surface area contributed by atoms with Gasteiger partial charge in [0.15, 0.2) is 17.5 Å². The van der Waals surface area contributed by atoms with Crippen LogP contribution in [0.15, 0.2) is 140 Å². The normalized spacial score (nSPS) is 12.0. The molecule has 7 aromatic carbocycles. The molecule has 0 unspecified atom stereocenters. The van der Waals surface area contributed by atoms with Crippen LogP contribution in [0.1, 0.15) is 292 Å². The predicted octanol–water partition coefficient (Wildman–Crippen LogP) is 27.2. The molecule has 8 aromatic rings. The molecule has 494 valence electrons. The van der Waals surface area contributed by atoms with Crippen LogP contribution in [0.5, 0.6) is 0 Å². The van der Waals surface area contributed by atoms with E-state index in [1.54, 1.807) is 11.1 Å². The molecule has 0 aliphatic heterocycles. The van der Waals surface area contributed by atoms with Crippen LogP contribution in [0.4, 0.5) is 0 Å². The SMILES string of the molecule is CCCCCCCCC1(CCCCCCCC)c2cc(C)ccc2-c2ccc(C)cc21.CCCCCCCCCCCCc1ccc(-c2nc(-c3ccc(C)cc3)nc(-c3ccc(C)cc3)n2)cc1.Cc1cc(C(C)C)c(C)cc1C(C)C.Cc1cccc(C)c1C. The largest absolute Gasteiger partial charge is 0.208 e. The van der Waals surface area contributed by atoms with Gasteiger partial charge in [0.05, 0.1) is 0 Å². The molecule has 0 atom stereocenters. The Morgan fingerprint density at radius 1 is 0.315 bits per heavy atom. The van der Waals surface area contributed by atoms with Crippen LogP contribution in [-0.2, 0) is 11.8 Å². The van der Waals surface area contributed by atoms with Crippen LogP contribution in [0.25, 0.3) is 45.3 Å². The number of aromatic nitrogens is 3. The van der Waals surface area contributed by atoms with Gasteiger partial charge in [-0.05, 0) is 167 Å². The van der Waals surface area contributed by atoms with Crippen LogP contribution in [0.3, 0.4) is 0 Å². The van der Waals surface area contributed by atoms with Crippen molar-refractivity contribution in [2.24, 2.45) is 0 Å². The minimum atomic E-state index is 0.234. The molecule has 1 aliphatic carbocycles. The lowest BCUT2D eigenvalue weighted by atomic mass is 9.70. The van der Waals surface area contributed by atoms with Gasteiger partial charge in [-0.25, -0.2) is 15.0 Å². The van der Waals surface area contributed by atoms with E-state index in [0.717, 1.165) is 28.9 Å². The van der Waals surface area contributed by atoms with E-state index in [1.807, 2.05) is 0 Å². The first-order valence-corrected chi connectivity index (χ1v) is 36.7. The molecule has 0 spiro atoms. The van der Waals surface area contributed by atoms with E-state index in [0.29, 0.717) is 23.5 Å². The summed E-state index contributed by atoms with van der Waals surface area (Å²) >= 11 is 0. The molecule has 0 radical (unpaired) electrons. The highest BCUT2D eigenvalue weighted by atomic mass is 15.0. The Hall–Kier alpha value is -6.45. The van der Waals surface area contributed by atoms with Gasteiger partial charge in [0.1, 0.15) is 0 Å². The number of fused-ring (bicyclic) bond motifs is 3. The van der Waals surface area contributed by atoms with E-state index in [1.165, 1.54) is 232 Å². The quantitative estimate of drug-likeness (QED) is 0.0421. The highest BCUT2D eigenvalue weighted by Crippen LogP contribution is 2.54. The van der Waals surface area contributed by atoms with Crippen molar-refractivity contribution >= 4 is 0 Å². The summed E-state index contributed by atoms with van der Waals surface area (Å²) in [7, 11) is 0. The zero-order chi connectivity index (χ0) is 66.4. The van der Waals surface area contributed by atoms with E-state index in [-0.39, 0.29) is 5.41 Å². The average Bonchev–Trinajstić information content (AvgIpc) is 1.57. The monoisotopic (exact) mass is 1230 g/mol. The summed E-state index contributed by atoms with van der Waals surface area (Å²) in [6.07, 6.45) is 34.1. The van der Waals surface area contributed by atoms with Gasteiger partial charge in [-0.2, -0.15) is 0 Å². The van der Waals surface area contributed by atoms with Gasteiger partial charge >= 0.3 is 0 Å². The van der Waals surface area contributed by atoms with Gasteiger partial charge in [-0.15, -0.1) is 0 Å². The summed E-state index contributed by atoms with van der Waals surface area (Å²) in [5.74, 6) is 3.40. The first kappa shape index (κ1) is 74.6. The number of benzene rings is 7. The van der Waals surface area contributed by atoms with E-state index < -0.39 is 0 Å². The Morgan fingerprint density at radius 3 is 0.967 bits per heavy atom. The number of rotatable bonds is 30. The van der Waals surface area contributed by atoms with E-state index in [9.17, 15) is 0 Å². The topological polar surface area (TPSA) is 38.7 Å². The van der Waals surface area contributed by atoms with Crippen molar-refractivity contribution in [3.05, 3.63) is 217 Å². The van der Waals surface area contributed by atoms with Crippen molar-refractivity contribution in [2.45, 2.75) is 289 Å². The Kier molecular flexibility index (Phi) is 31.9. The lowest BCUT2D eigenvalue weighted by Crippen LogP contribution is -2.25.